The number of aromatic nitrogens is 1. The van der Waals surface area contributed by atoms with Gasteiger partial charge in [0.2, 0.25) is 5.88 Å². The lowest BCUT2D eigenvalue weighted by Gasteiger charge is -2.11. The fourth-order valence-electron chi connectivity index (χ4n) is 1.67. The molecule has 3 nitrogen and oxygen atoms in total. The van der Waals surface area contributed by atoms with Crippen LogP contribution in [0.2, 0.25) is 0 Å². The van der Waals surface area contributed by atoms with Crippen molar-refractivity contribution in [3.63, 3.8) is 0 Å². The first-order valence-electron chi connectivity index (χ1n) is 5.71. The molecule has 1 aromatic heterocycles. The van der Waals surface area contributed by atoms with Gasteiger partial charge in [-0.3, -0.25) is 0 Å². The molecule has 0 saturated carbocycles. The zero-order chi connectivity index (χ0) is 13.0. The molecule has 2 rings (SSSR count). The van der Waals surface area contributed by atoms with Crippen LogP contribution in [-0.4, -0.2) is 12.0 Å². The summed E-state index contributed by atoms with van der Waals surface area (Å²) in [6.45, 7) is 2.11. The summed E-state index contributed by atoms with van der Waals surface area (Å²) in [6, 6.07) is 8.60. The molecule has 18 heavy (non-hydrogen) atoms. The van der Waals surface area contributed by atoms with Gasteiger partial charge in [0, 0.05) is 30.6 Å². The van der Waals surface area contributed by atoms with Crippen LogP contribution in [0.15, 0.2) is 36.5 Å². The molecule has 1 aromatic carbocycles. The van der Waals surface area contributed by atoms with Crippen molar-refractivity contribution in [2.24, 2.45) is 0 Å². The van der Waals surface area contributed by atoms with Crippen LogP contribution >= 0.6 is 0 Å². The molecular weight excluding hydrogens is 231 g/mol. The highest BCUT2D eigenvalue weighted by Crippen LogP contribution is 2.20. The van der Waals surface area contributed by atoms with Crippen LogP contribution < -0.4 is 10.1 Å². The van der Waals surface area contributed by atoms with Crippen LogP contribution in [-0.2, 0) is 6.61 Å². The fraction of sp³-hybridized carbons (Fsp3) is 0.214. The smallest absolute Gasteiger partial charge is 0.213 e. The van der Waals surface area contributed by atoms with Gasteiger partial charge in [0.15, 0.2) is 0 Å². The summed E-state index contributed by atoms with van der Waals surface area (Å²) < 4.78 is 19.2. The lowest BCUT2D eigenvalue weighted by Crippen LogP contribution is -2.04. The number of aryl methyl sites for hydroxylation is 1. The second kappa shape index (κ2) is 5.49. The molecule has 0 radical (unpaired) electrons. The zero-order valence-electron chi connectivity index (χ0n) is 10.4. The van der Waals surface area contributed by atoms with Crippen molar-refractivity contribution < 1.29 is 9.13 Å². The highest BCUT2D eigenvalue weighted by Gasteiger charge is 2.08. The normalized spacial score (nSPS) is 10.2. The monoisotopic (exact) mass is 246 g/mol. The molecule has 0 aliphatic heterocycles. The Kier molecular flexibility index (Phi) is 3.77. The maximum Gasteiger partial charge on any atom is 0.213 e. The highest BCUT2D eigenvalue weighted by molar-refractivity contribution is 5.51. The van der Waals surface area contributed by atoms with E-state index in [9.17, 15) is 4.39 Å². The number of anilines is 1. The van der Waals surface area contributed by atoms with Crippen molar-refractivity contribution in [1.29, 1.82) is 0 Å². The van der Waals surface area contributed by atoms with E-state index >= 15 is 0 Å². The first kappa shape index (κ1) is 12.4. The van der Waals surface area contributed by atoms with Gasteiger partial charge < -0.3 is 10.1 Å². The number of nitrogens with one attached hydrogen (secondary N) is 1. The van der Waals surface area contributed by atoms with Gasteiger partial charge in [-0.1, -0.05) is 6.07 Å². The minimum Gasteiger partial charge on any atom is -0.473 e. The topological polar surface area (TPSA) is 34.1 Å². The summed E-state index contributed by atoms with van der Waals surface area (Å²) in [5.74, 6) is 0.217. The van der Waals surface area contributed by atoms with E-state index in [2.05, 4.69) is 10.3 Å². The van der Waals surface area contributed by atoms with Crippen molar-refractivity contribution in [3.8, 4) is 5.88 Å². The molecule has 0 saturated heterocycles. The molecule has 0 atom stereocenters. The molecule has 0 fully saturated rings. The van der Waals surface area contributed by atoms with E-state index in [4.69, 9.17) is 4.74 Å². The third-order valence-electron chi connectivity index (χ3n) is 2.64. The number of benzene rings is 1. The Morgan fingerprint density at radius 1 is 1.33 bits per heavy atom. The minimum absolute atomic E-state index is 0.152. The summed E-state index contributed by atoms with van der Waals surface area (Å²) in [5, 5.41) is 2.94. The molecule has 0 bridgehead atoms. The molecule has 0 unspecified atom stereocenters. The number of halogens is 1. The Morgan fingerprint density at radius 2 is 2.17 bits per heavy atom. The number of pyridine rings is 1. The molecule has 4 heteroatoms. The molecule has 0 spiro atoms. The first-order valence-corrected chi connectivity index (χ1v) is 5.71. The van der Waals surface area contributed by atoms with Crippen molar-refractivity contribution in [2.75, 3.05) is 12.4 Å². The third-order valence-corrected chi connectivity index (χ3v) is 2.64. The Bertz CT molecular complexity index is 543. The van der Waals surface area contributed by atoms with E-state index in [1.807, 2.05) is 25.1 Å². The van der Waals surface area contributed by atoms with Gasteiger partial charge in [0.1, 0.15) is 12.4 Å². The minimum atomic E-state index is -0.283. The molecule has 0 aliphatic carbocycles. The standard InChI is InChI=1S/C14H15FN2O/c1-10-6-7-17-14(8-10)18-9-11-12(15)4-3-5-13(11)16-2/h3-8,16H,9H2,1-2H3. The Balaban J connectivity index is 2.15. The maximum atomic E-state index is 13.7. The van der Waals surface area contributed by atoms with Crippen molar-refractivity contribution in [2.45, 2.75) is 13.5 Å². The molecule has 94 valence electrons. The van der Waals surface area contributed by atoms with E-state index in [0.717, 1.165) is 11.3 Å². The number of hydrogen-bond donors (Lipinski definition) is 1. The average molecular weight is 246 g/mol. The van der Waals surface area contributed by atoms with E-state index in [1.54, 1.807) is 19.3 Å². The summed E-state index contributed by atoms with van der Waals surface area (Å²) in [7, 11) is 1.75. The summed E-state index contributed by atoms with van der Waals surface area (Å²) in [4.78, 5) is 4.07. The number of nitrogens with zero attached hydrogens (tertiary/aromatic N) is 1. The number of hydrogen-bond acceptors (Lipinski definition) is 3. The third kappa shape index (κ3) is 2.77. The number of rotatable bonds is 4. The fourth-order valence-corrected chi connectivity index (χ4v) is 1.67. The van der Waals surface area contributed by atoms with Crippen LogP contribution in [0.4, 0.5) is 10.1 Å². The van der Waals surface area contributed by atoms with Crippen molar-refractivity contribution >= 4 is 5.69 Å². The largest absolute Gasteiger partial charge is 0.473 e. The van der Waals surface area contributed by atoms with Crippen LogP contribution in [0.1, 0.15) is 11.1 Å². The van der Waals surface area contributed by atoms with Crippen LogP contribution in [0.5, 0.6) is 5.88 Å². The summed E-state index contributed by atoms with van der Waals surface area (Å²) in [6.07, 6.45) is 1.67. The van der Waals surface area contributed by atoms with Gasteiger partial charge in [-0.2, -0.15) is 0 Å². The Labute approximate surface area is 106 Å². The maximum absolute atomic E-state index is 13.7. The van der Waals surface area contributed by atoms with E-state index < -0.39 is 0 Å². The van der Waals surface area contributed by atoms with Crippen LogP contribution in [0.3, 0.4) is 0 Å². The van der Waals surface area contributed by atoms with Gasteiger partial charge in [-0.25, -0.2) is 9.37 Å². The predicted octanol–water partition coefficient (Wildman–Crippen LogP) is 3.15. The number of ether oxygens (including phenoxy) is 1. The lowest BCUT2D eigenvalue weighted by atomic mass is 10.2. The van der Waals surface area contributed by atoms with Crippen molar-refractivity contribution in [3.05, 3.63) is 53.5 Å². The molecule has 0 aliphatic rings. The predicted molar refractivity (Wildman–Crippen MR) is 69.3 cm³/mol. The van der Waals surface area contributed by atoms with E-state index in [0.29, 0.717) is 11.4 Å². The molecular formula is C14H15FN2O. The lowest BCUT2D eigenvalue weighted by molar-refractivity contribution is 0.288. The Hall–Kier alpha value is -2.10. The molecule has 1 N–H and O–H groups in total. The molecule has 1 heterocycles. The first-order chi connectivity index (χ1) is 8.70. The SMILES string of the molecule is CNc1cccc(F)c1COc1cc(C)ccn1. The average Bonchev–Trinajstić information content (AvgIpc) is 2.37. The summed E-state index contributed by atoms with van der Waals surface area (Å²) >= 11 is 0. The highest BCUT2D eigenvalue weighted by atomic mass is 19.1. The van der Waals surface area contributed by atoms with Gasteiger partial charge in [0.05, 0.1) is 0 Å². The van der Waals surface area contributed by atoms with Crippen molar-refractivity contribution in [1.82, 2.24) is 4.98 Å². The zero-order valence-corrected chi connectivity index (χ0v) is 10.4. The summed E-state index contributed by atoms with van der Waals surface area (Å²) in [5.41, 5.74) is 2.29. The van der Waals surface area contributed by atoms with Crippen LogP contribution in [0, 0.1) is 12.7 Å². The van der Waals surface area contributed by atoms with Gasteiger partial charge in [-0.15, -0.1) is 0 Å². The van der Waals surface area contributed by atoms with E-state index in [-0.39, 0.29) is 12.4 Å². The molecule has 0 amide bonds. The quantitative estimate of drug-likeness (QED) is 0.899. The van der Waals surface area contributed by atoms with Crippen LogP contribution in [0.25, 0.3) is 0 Å². The Morgan fingerprint density at radius 3 is 2.89 bits per heavy atom. The molecule has 2 aromatic rings. The second-order valence-corrected chi connectivity index (χ2v) is 3.98. The van der Waals surface area contributed by atoms with Gasteiger partial charge in [-0.05, 0) is 30.7 Å². The van der Waals surface area contributed by atoms with Gasteiger partial charge >= 0.3 is 0 Å². The second-order valence-electron chi connectivity index (χ2n) is 3.98. The van der Waals surface area contributed by atoms with Gasteiger partial charge in [0.25, 0.3) is 0 Å². The van der Waals surface area contributed by atoms with E-state index in [1.165, 1.54) is 6.07 Å².